The number of H-pyrrole nitrogens is 2. The molecule has 6 heterocycles. The third-order valence-electron chi connectivity index (χ3n) is 10.7. The highest BCUT2D eigenvalue weighted by Gasteiger charge is 2.31. The van der Waals surface area contributed by atoms with Crippen LogP contribution in [0.3, 0.4) is 0 Å². The van der Waals surface area contributed by atoms with Gasteiger partial charge in [-0.2, -0.15) is 0 Å². The molecule has 3 aromatic heterocycles. The van der Waals surface area contributed by atoms with Gasteiger partial charge < -0.3 is 29.7 Å². The summed E-state index contributed by atoms with van der Waals surface area (Å²) in [6, 6.07) is 8.64. The van der Waals surface area contributed by atoms with E-state index in [0.717, 1.165) is 79.3 Å². The quantitative estimate of drug-likeness (QED) is 0.115. The molecular weight excluding hydrogens is 661 g/mol. The van der Waals surface area contributed by atoms with E-state index in [1.165, 1.54) is 11.1 Å². The average molecular weight is 713 g/mol. The molecule has 10 heteroatoms. The number of aliphatic hydroxyl groups is 2. The van der Waals surface area contributed by atoms with Crippen molar-refractivity contribution in [3.63, 3.8) is 0 Å². The van der Waals surface area contributed by atoms with Gasteiger partial charge in [0.25, 0.3) is 0 Å². The van der Waals surface area contributed by atoms with Gasteiger partial charge in [-0.3, -0.25) is 9.78 Å². The van der Waals surface area contributed by atoms with Crippen LogP contribution >= 0.6 is 11.8 Å². The number of aryl methyl sites for hydroxylation is 3. The number of aliphatic hydroxyl groups excluding tert-OH is 2. The molecule has 8 bridgehead atoms. The number of esters is 1. The van der Waals surface area contributed by atoms with Gasteiger partial charge in [-0.15, -0.1) is 11.8 Å². The highest BCUT2D eigenvalue weighted by Crippen LogP contribution is 2.42. The number of allylic oxidation sites excluding steroid dienone is 2. The number of aromatic amines is 2. The molecule has 3 aliphatic rings. The Kier molecular flexibility index (Phi) is 11.6. The summed E-state index contributed by atoms with van der Waals surface area (Å²) in [6.07, 6.45) is 4.62. The Hall–Kier alpha value is -3.70. The minimum atomic E-state index is -0.460. The molecule has 4 N–H and O–H groups in total. The first-order chi connectivity index (χ1) is 24.5. The zero-order chi connectivity index (χ0) is 36.4. The predicted molar refractivity (Wildman–Crippen MR) is 207 cm³/mol. The molecule has 0 aromatic carbocycles. The van der Waals surface area contributed by atoms with Crippen LogP contribution in [-0.2, 0) is 14.3 Å². The summed E-state index contributed by atoms with van der Waals surface area (Å²) in [6.45, 7) is 17.3. The highest BCUT2D eigenvalue weighted by molar-refractivity contribution is 7.99. The summed E-state index contributed by atoms with van der Waals surface area (Å²) in [4.78, 5) is 30.7. The molecule has 0 aliphatic carbocycles. The Morgan fingerprint density at radius 1 is 1.04 bits per heavy atom. The first-order valence-corrected chi connectivity index (χ1v) is 19.3. The standard InChI is InChI=1S/C41H52N4O5S/c1-8-29-24(5)35-20-38-30(9-2)23(4)34(43-38)19-36-25(6)31(41(45-36)26(7)33-15-22(3)32(42-33)18-37(29)44-35)11-12-39(48)49-13-10-14-51-40-17-27(47)16-28(21-46)50-40/h9,15,18-20,25,27-28,31,40,42-43,46-47H,2,8,10-14,16-17,21H2,1,3-7H3/t25-,27-,28-,31-,40-/m0/s1. The summed E-state index contributed by atoms with van der Waals surface area (Å²) in [7, 11) is 0. The molecule has 6 rings (SSSR count). The molecule has 1 fully saturated rings. The van der Waals surface area contributed by atoms with E-state index in [0.29, 0.717) is 38.7 Å². The molecular formula is C41H52N4O5S. The molecule has 0 spiro atoms. The maximum atomic E-state index is 13.0. The molecule has 272 valence electrons. The Labute approximate surface area is 305 Å². The summed E-state index contributed by atoms with van der Waals surface area (Å²) >= 11 is 1.59. The van der Waals surface area contributed by atoms with Gasteiger partial charge in [-0.25, -0.2) is 4.98 Å². The van der Waals surface area contributed by atoms with Crippen LogP contribution in [0.4, 0.5) is 0 Å². The second-order valence-corrected chi connectivity index (χ2v) is 15.4. The van der Waals surface area contributed by atoms with Gasteiger partial charge in [0.2, 0.25) is 0 Å². The van der Waals surface area contributed by atoms with Crippen molar-refractivity contribution in [1.29, 1.82) is 0 Å². The lowest BCUT2D eigenvalue weighted by molar-refractivity contribution is -0.143. The lowest BCUT2D eigenvalue weighted by Crippen LogP contribution is -2.36. The Bertz CT molecular complexity index is 1990. The van der Waals surface area contributed by atoms with Gasteiger partial charge in [0.1, 0.15) is 5.44 Å². The van der Waals surface area contributed by atoms with Crippen molar-refractivity contribution < 1.29 is 24.5 Å². The van der Waals surface area contributed by atoms with Gasteiger partial charge in [-0.1, -0.05) is 26.5 Å². The summed E-state index contributed by atoms with van der Waals surface area (Å²) in [5, 5.41) is 19.5. The molecule has 0 amide bonds. The maximum Gasteiger partial charge on any atom is 0.305 e. The van der Waals surface area contributed by atoms with E-state index in [-0.39, 0.29) is 36.0 Å². The van der Waals surface area contributed by atoms with E-state index >= 15 is 0 Å². The van der Waals surface area contributed by atoms with E-state index in [1.54, 1.807) is 11.8 Å². The number of hydrogen-bond donors (Lipinski definition) is 4. The van der Waals surface area contributed by atoms with Crippen molar-refractivity contribution >= 4 is 57.0 Å². The van der Waals surface area contributed by atoms with Crippen LogP contribution in [0.1, 0.15) is 116 Å². The van der Waals surface area contributed by atoms with Crippen LogP contribution in [0, 0.1) is 20.8 Å². The van der Waals surface area contributed by atoms with E-state index in [1.807, 2.05) is 6.08 Å². The first kappa shape index (κ1) is 37.1. The molecule has 0 saturated carbocycles. The fourth-order valence-corrected chi connectivity index (χ4v) is 8.79. The van der Waals surface area contributed by atoms with Crippen molar-refractivity contribution in [3.8, 4) is 0 Å². The van der Waals surface area contributed by atoms with Crippen molar-refractivity contribution in [2.24, 2.45) is 0 Å². The summed E-state index contributed by atoms with van der Waals surface area (Å²) in [5.41, 5.74) is 14.6. The minimum Gasteiger partial charge on any atom is -0.466 e. The predicted octanol–water partition coefficient (Wildman–Crippen LogP) is 8.42. The number of rotatable bonds is 11. The molecule has 3 aliphatic heterocycles. The number of carbonyl (C=O) groups is 1. The number of hydrogen-bond acceptors (Lipinski definition) is 8. The fraction of sp³-hybridized carbons (Fsp3) is 0.488. The van der Waals surface area contributed by atoms with Gasteiger partial charge in [-0.05, 0) is 105 Å². The third-order valence-corrected chi connectivity index (χ3v) is 11.9. The Morgan fingerprint density at radius 3 is 2.53 bits per heavy atom. The molecule has 1 saturated heterocycles. The largest absolute Gasteiger partial charge is 0.466 e. The zero-order valence-electron chi connectivity index (χ0n) is 30.8. The molecule has 0 unspecified atom stereocenters. The lowest BCUT2D eigenvalue weighted by Gasteiger charge is -2.31. The van der Waals surface area contributed by atoms with E-state index in [4.69, 9.17) is 19.4 Å². The smallest absolute Gasteiger partial charge is 0.305 e. The SMILES string of the molecule is C=Cc1c(C)c2cc3nc(c(C)c4cc(C)c(cc5nc(cc1[nH]2)C(C)=C5CC)[nH]4)[C@@H](CCC(=O)OCCCS[C@H]1C[C@@H](O)C[C@@H](CO)O1)[C@@H]3C. The minimum absolute atomic E-state index is 0.0359. The molecule has 3 aromatic rings. The van der Waals surface area contributed by atoms with Gasteiger partial charge in [0.15, 0.2) is 0 Å². The van der Waals surface area contributed by atoms with Crippen LogP contribution in [-0.4, -0.2) is 72.7 Å². The average Bonchev–Trinajstić information content (AvgIpc) is 3.81. The lowest BCUT2D eigenvalue weighted by atomic mass is 9.86. The fourth-order valence-electron chi connectivity index (χ4n) is 7.65. The normalized spacial score (nSPS) is 22.0. The summed E-state index contributed by atoms with van der Waals surface area (Å²) < 4.78 is 11.5. The van der Waals surface area contributed by atoms with E-state index in [2.05, 4.69) is 82.4 Å². The Balaban J connectivity index is 1.27. The van der Waals surface area contributed by atoms with Crippen LogP contribution in [0.25, 0.3) is 39.3 Å². The molecule has 5 atom stereocenters. The second-order valence-electron chi connectivity index (χ2n) is 14.2. The molecule has 9 nitrogen and oxygen atoms in total. The van der Waals surface area contributed by atoms with Crippen LogP contribution in [0.5, 0.6) is 0 Å². The molecule has 51 heavy (non-hydrogen) atoms. The Morgan fingerprint density at radius 2 is 1.78 bits per heavy atom. The number of fused-ring (bicyclic) bond motifs is 8. The maximum absolute atomic E-state index is 13.0. The van der Waals surface area contributed by atoms with Crippen molar-refractivity contribution in [3.05, 3.63) is 75.9 Å². The number of ether oxygens (including phenoxy) is 2. The number of nitrogens with zero attached hydrogens (tertiary/aromatic N) is 2. The van der Waals surface area contributed by atoms with Crippen molar-refractivity contribution in [2.75, 3.05) is 19.0 Å². The van der Waals surface area contributed by atoms with Crippen LogP contribution < -0.4 is 0 Å². The third kappa shape index (κ3) is 7.89. The van der Waals surface area contributed by atoms with E-state index < -0.39 is 6.10 Å². The second kappa shape index (κ2) is 15.9. The number of thioether (sulfide) groups is 1. The number of aromatic nitrogens is 4. The number of carbonyl (C=O) groups excluding carboxylic acids is 1. The summed E-state index contributed by atoms with van der Waals surface area (Å²) in [5.74, 6) is 0.649. The van der Waals surface area contributed by atoms with E-state index in [9.17, 15) is 15.0 Å². The van der Waals surface area contributed by atoms with Crippen molar-refractivity contribution in [2.45, 2.75) is 110 Å². The highest BCUT2D eigenvalue weighted by atomic mass is 32.2. The first-order valence-electron chi connectivity index (χ1n) is 18.3. The van der Waals surface area contributed by atoms with Gasteiger partial charge in [0.05, 0.1) is 36.8 Å². The topological polar surface area (TPSA) is 133 Å². The zero-order valence-corrected chi connectivity index (χ0v) is 31.6. The van der Waals surface area contributed by atoms with Crippen LogP contribution in [0.15, 0.2) is 30.8 Å². The number of nitrogens with one attached hydrogen (secondary N) is 2. The van der Waals surface area contributed by atoms with Gasteiger partial charge in [0, 0.05) is 70.1 Å². The van der Waals surface area contributed by atoms with Gasteiger partial charge >= 0.3 is 5.97 Å². The molecule has 0 radical (unpaired) electrons. The monoisotopic (exact) mass is 712 g/mol. The van der Waals surface area contributed by atoms with Crippen LogP contribution in [0.2, 0.25) is 0 Å². The van der Waals surface area contributed by atoms with Crippen molar-refractivity contribution in [1.82, 2.24) is 19.9 Å².